The van der Waals surface area contributed by atoms with Crippen LogP contribution in [0.1, 0.15) is 0 Å². The van der Waals surface area contributed by atoms with E-state index in [1.165, 1.54) is 0 Å². The first-order valence-corrected chi connectivity index (χ1v) is 3.40. The summed E-state index contributed by atoms with van der Waals surface area (Å²) in [6, 6.07) is 0. The molecule has 1 heteroatoms. The summed E-state index contributed by atoms with van der Waals surface area (Å²) >= 11 is 5.87. The summed E-state index contributed by atoms with van der Waals surface area (Å²) in [6.07, 6.45) is 9.82. The predicted octanol–water partition coefficient (Wildman–Crippen LogP) is 2.52. The molecule has 2 atom stereocenters. The van der Waals surface area contributed by atoms with Crippen molar-refractivity contribution in [2.75, 3.05) is 0 Å². The topological polar surface area (TPSA) is 0 Å². The molecule has 0 aromatic heterocycles. The Hall–Kier alpha value is -0.490. The molecule has 0 amide bonds. The quantitative estimate of drug-likeness (QED) is 0.388. The fourth-order valence-corrected chi connectivity index (χ4v) is 1.08. The molecule has 1 aliphatic carbocycles. The molecule has 0 heterocycles. The van der Waals surface area contributed by atoms with Crippen molar-refractivity contribution in [2.45, 2.75) is 5.38 Å². The lowest BCUT2D eigenvalue weighted by molar-refractivity contribution is 0.833. The molecule has 0 nitrogen and oxygen atoms in total. The van der Waals surface area contributed by atoms with Gasteiger partial charge in [0.25, 0.3) is 0 Å². The highest BCUT2D eigenvalue weighted by Gasteiger charge is 2.10. The van der Waals surface area contributed by atoms with E-state index in [0.717, 1.165) is 0 Å². The maximum absolute atomic E-state index is 5.87. The van der Waals surface area contributed by atoms with Gasteiger partial charge >= 0.3 is 0 Å². The smallest absolute Gasteiger partial charge is 0.0616 e. The molecule has 0 aromatic carbocycles. The average Bonchev–Trinajstić information content (AvgIpc) is 1.89. The summed E-state index contributed by atoms with van der Waals surface area (Å²) in [7, 11) is 0. The summed E-state index contributed by atoms with van der Waals surface area (Å²) in [4.78, 5) is 0. The highest BCUT2D eigenvalue weighted by molar-refractivity contribution is 6.22. The highest BCUT2D eigenvalue weighted by Crippen LogP contribution is 2.18. The zero-order chi connectivity index (χ0) is 6.69. The number of alkyl halides is 1. The van der Waals surface area contributed by atoms with Crippen LogP contribution in [0.4, 0.5) is 0 Å². The molecular formula is C8H9Cl. The summed E-state index contributed by atoms with van der Waals surface area (Å²) in [6.45, 7) is 3.67. The minimum absolute atomic E-state index is 0.104. The van der Waals surface area contributed by atoms with Gasteiger partial charge in [0.05, 0.1) is 5.38 Å². The summed E-state index contributed by atoms with van der Waals surface area (Å²) in [5, 5.41) is 0.104. The van der Waals surface area contributed by atoms with Gasteiger partial charge in [-0.3, -0.25) is 0 Å². The molecule has 0 aliphatic heterocycles. The molecule has 0 radical (unpaired) electrons. The Morgan fingerprint density at radius 1 is 1.33 bits per heavy atom. The van der Waals surface area contributed by atoms with E-state index in [4.69, 9.17) is 11.6 Å². The largest absolute Gasteiger partial charge is 0.117 e. The lowest BCUT2D eigenvalue weighted by Gasteiger charge is -2.12. The van der Waals surface area contributed by atoms with Crippen LogP contribution in [0.15, 0.2) is 37.0 Å². The van der Waals surface area contributed by atoms with Gasteiger partial charge in [0, 0.05) is 5.92 Å². The molecule has 1 aliphatic rings. The van der Waals surface area contributed by atoms with E-state index in [0.29, 0.717) is 5.92 Å². The van der Waals surface area contributed by atoms with Gasteiger partial charge < -0.3 is 0 Å². The average molecular weight is 141 g/mol. The lowest BCUT2D eigenvalue weighted by Crippen LogP contribution is -2.08. The van der Waals surface area contributed by atoms with Crippen molar-refractivity contribution in [3.63, 3.8) is 0 Å². The molecule has 0 spiro atoms. The second kappa shape index (κ2) is 2.88. The van der Waals surface area contributed by atoms with Crippen LogP contribution in [-0.2, 0) is 0 Å². The number of hydrogen-bond acceptors (Lipinski definition) is 0. The number of halogens is 1. The maximum atomic E-state index is 5.87. The molecule has 0 saturated carbocycles. The number of hydrogen-bond donors (Lipinski definition) is 0. The fourth-order valence-electron chi connectivity index (χ4n) is 0.806. The molecule has 9 heavy (non-hydrogen) atoms. The SMILES string of the molecule is C=CC1C=CC=CC1Cl. The third-order valence-corrected chi connectivity index (χ3v) is 1.82. The third kappa shape index (κ3) is 1.46. The molecule has 0 fully saturated rings. The van der Waals surface area contributed by atoms with Crippen LogP contribution in [0.3, 0.4) is 0 Å². The van der Waals surface area contributed by atoms with Crippen molar-refractivity contribution in [2.24, 2.45) is 5.92 Å². The van der Waals surface area contributed by atoms with Crippen molar-refractivity contribution in [3.8, 4) is 0 Å². The first kappa shape index (κ1) is 6.63. The van der Waals surface area contributed by atoms with Gasteiger partial charge in [0.1, 0.15) is 0 Å². The van der Waals surface area contributed by atoms with E-state index in [2.05, 4.69) is 6.58 Å². The predicted molar refractivity (Wildman–Crippen MR) is 41.6 cm³/mol. The van der Waals surface area contributed by atoms with Crippen LogP contribution in [0.25, 0.3) is 0 Å². The Bertz CT molecular complexity index is 156. The van der Waals surface area contributed by atoms with E-state index < -0.39 is 0 Å². The standard InChI is InChI=1S/C8H9Cl/c1-2-7-5-3-4-6-8(7)9/h2-8H,1H2. The van der Waals surface area contributed by atoms with Gasteiger partial charge in [-0.2, -0.15) is 0 Å². The fraction of sp³-hybridized carbons (Fsp3) is 0.250. The van der Waals surface area contributed by atoms with Gasteiger partial charge in [-0.25, -0.2) is 0 Å². The van der Waals surface area contributed by atoms with E-state index in [9.17, 15) is 0 Å². The second-order valence-electron chi connectivity index (χ2n) is 2.03. The first-order chi connectivity index (χ1) is 4.34. The Labute approximate surface area is 60.5 Å². The van der Waals surface area contributed by atoms with Gasteiger partial charge in [-0.15, -0.1) is 18.2 Å². The Kier molecular flexibility index (Phi) is 2.12. The molecule has 0 aromatic rings. The molecule has 2 unspecified atom stereocenters. The molecule has 0 N–H and O–H groups in total. The van der Waals surface area contributed by atoms with Crippen molar-refractivity contribution < 1.29 is 0 Å². The first-order valence-electron chi connectivity index (χ1n) is 2.96. The van der Waals surface area contributed by atoms with Gasteiger partial charge in [0.15, 0.2) is 0 Å². The van der Waals surface area contributed by atoms with E-state index in [-0.39, 0.29) is 5.38 Å². The maximum Gasteiger partial charge on any atom is 0.0616 e. The molecule has 0 saturated heterocycles. The minimum atomic E-state index is 0.104. The normalized spacial score (nSPS) is 32.6. The molecular weight excluding hydrogens is 132 g/mol. The van der Waals surface area contributed by atoms with Gasteiger partial charge in [0.2, 0.25) is 0 Å². The van der Waals surface area contributed by atoms with Crippen molar-refractivity contribution >= 4 is 11.6 Å². The van der Waals surface area contributed by atoms with E-state index in [1.807, 2.05) is 30.4 Å². The van der Waals surface area contributed by atoms with E-state index >= 15 is 0 Å². The molecule has 0 bridgehead atoms. The van der Waals surface area contributed by atoms with Crippen LogP contribution < -0.4 is 0 Å². The van der Waals surface area contributed by atoms with Crippen LogP contribution >= 0.6 is 11.6 Å². The number of allylic oxidation sites excluding steroid dienone is 5. The van der Waals surface area contributed by atoms with Crippen LogP contribution in [0.2, 0.25) is 0 Å². The van der Waals surface area contributed by atoms with Crippen molar-refractivity contribution in [1.82, 2.24) is 0 Å². The third-order valence-electron chi connectivity index (χ3n) is 1.38. The van der Waals surface area contributed by atoms with Gasteiger partial charge in [-0.05, 0) is 0 Å². The summed E-state index contributed by atoms with van der Waals surface area (Å²) in [5.74, 6) is 0.316. The van der Waals surface area contributed by atoms with Crippen molar-refractivity contribution in [1.29, 1.82) is 0 Å². The van der Waals surface area contributed by atoms with Crippen LogP contribution in [0, 0.1) is 5.92 Å². The van der Waals surface area contributed by atoms with Gasteiger partial charge in [-0.1, -0.05) is 30.4 Å². The minimum Gasteiger partial charge on any atom is -0.117 e. The Morgan fingerprint density at radius 2 is 2.00 bits per heavy atom. The lowest BCUT2D eigenvalue weighted by atomic mass is 10.0. The van der Waals surface area contributed by atoms with Crippen LogP contribution in [0.5, 0.6) is 0 Å². The Morgan fingerprint density at radius 3 is 2.44 bits per heavy atom. The summed E-state index contributed by atoms with van der Waals surface area (Å²) in [5.41, 5.74) is 0. The highest BCUT2D eigenvalue weighted by atomic mass is 35.5. The zero-order valence-electron chi connectivity index (χ0n) is 5.13. The van der Waals surface area contributed by atoms with E-state index in [1.54, 1.807) is 0 Å². The number of rotatable bonds is 1. The molecule has 1 rings (SSSR count). The molecule has 48 valence electrons. The summed E-state index contributed by atoms with van der Waals surface area (Å²) < 4.78 is 0. The van der Waals surface area contributed by atoms with Crippen molar-refractivity contribution in [3.05, 3.63) is 37.0 Å². The Balaban J connectivity index is 2.65. The zero-order valence-corrected chi connectivity index (χ0v) is 5.88. The second-order valence-corrected chi connectivity index (χ2v) is 2.53. The van der Waals surface area contributed by atoms with Crippen LogP contribution in [-0.4, -0.2) is 5.38 Å². The monoisotopic (exact) mass is 140 g/mol.